The summed E-state index contributed by atoms with van der Waals surface area (Å²) in [7, 11) is 1.28. The average molecular weight is 507 g/mol. The minimum absolute atomic E-state index is 0.219. The van der Waals surface area contributed by atoms with Crippen molar-refractivity contribution >= 4 is 43.5 Å². The standard InChI is InChI=1S/C16H12Br2F3N5O/c1-25-13(12(18)14(24-25)16(19,20)21)15(27)23-11-4-2-3-9(5-11)7-26-8-10(17)6-22-26/h2-6,8H,7H2,1H3,(H,23,27). The van der Waals surface area contributed by atoms with Gasteiger partial charge in [-0.05, 0) is 49.6 Å². The van der Waals surface area contributed by atoms with Crippen molar-refractivity contribution in [2.24, 2.45) is 7.05 Å². The zero-order chi connectivity index (χ0) is 19.8. The molecular formula is C16H12Br2F3N5O. The van der Waals surface area contributed by atoms with Crippen LogP contribution in [0.15, 0.2) is 45.6 Å². The summed E-state index contributed by atoms with van der Waals surface area (Å²) in [6, 6.07) is 6.97. The summed E-state index contributed by atoms with van der Waals surface area (Å²) in [5.74, 6) is -0.702. The Labute approximate surface area is 168 Å². The monoisotopic (exact) mass is 505 g/mol. The lowest BCUT2D eigenvalue weighted by molar-refractivity contribution is -0.142. The van der Waals surface area contributed by atoms with E-state index in [1.807, 2.05) is 6.07 Å². The van der Waals surface area contributed by atoms with Crippen LogP contribution in [-0.2, 0) is 19.8 Å². The number of benzene rings is 1. The molecule has 3 aromatic rings. The molecule has 0 saturated heterocycles. The van der Waals surface area contributed by atoms with E-state index in [0.717, 1.165) is 14.7 Å². The molecular weight excluding hydrogens is 495 g/mol. The van der Waals surface area contributed by atoms with Crippen molar-refractivity contribution < 1.29 is 18.0 Å². The zero-order valence-electron chi connectivity index (χ0n) is 13.8. The summed E-state index contributed by atoms with van der Waals surface area (Å²) in [6.07, 6.45) is -1.20. The fourth-order valence-electron chi connectivity index (χ4n) is 2.48. The molecule has 0 spiro atoms. The first-order valence-corrected chi connectivity index (χ1v) is 9.11. The van der Waals surface area contributed by atoms with Gasteiger partial charge in [-0.1, -0.05) is 12.1 Å². The molecule has 1 amide bonds. The number of carbonyl (C=O) groups is 1. The van der Waals surface area contributed by atoms with Crippen molar-refractivity contribution in [2.75, 3.05) is 5.32 Å². The largest absolute Gasteiger partial charge is 0.436 e. The molecule has 3 rings (SSSR count). The third-order valence-corrected chi connectivity index (χ3v) is 4.76. The average Bonchev–Trinajstić information content (AvgIpc) is 3.10. The fourth-order valence-corrected chi connectivity index (χ4v) is 3.54. The maximum absolute atomic E-state index is 12.9. The van der Waals surface area contributed by atoms with Crippen molar-refractivity contribution in [3.63, 3.8) is 0 Å². The van der Waals surface area contributed by atoms with E-state index in [2.05, 4.69) is 47.4 Å². The Morgan fingerprint density at radius 1 is 1.30 bits per heavy atom. The zero-order valence-corrected chi connectivity index (χ0v) is 16.9. The van der Waals surface area contributed by atoms with Gasteiger partial charge in [0.2, 0.25) is 0 Å². The Balaban J connectivity index is 1.81. The molecule has 0 atom stereocenters. The summed E-state index contributed by atoms with van der Waals surface area (Å²) < 4.78 is 41.9. The second-order valence-corrected chi connectivity index (χ2v) is 7.35. The molecule has 6 nitrogen and oxygen atoms in total. The van der Waals surface area contributed by atoms with E-state index in [1.165, 1.54) is 7.05 Å². The highest BCUT2D eigenvalue weighted by Crippen LogP contribution is 2.35. The lowest BCUT2D eigenvalue weighted by atomic mass is 10.2. The predicted octanol–water partition coefficient (Wildman–Crippen LogP) is 4.46. The van der Waals surface area contributed by atoms with Gasteiger partial charge in [0.25, 0.3) is 5.91 Å². The number of halogens is 5. The number of nitrogens with zero attached hydrogens (tertiary/aromatic N) is 4. The molecule has 2 heterocycles. The molecule has 1 aromatic carbocycles. The van der Waals surface area contributed by atoms with E-state index in [-0.39, 0.29) is 5.69 Å². The highest BCUT2D eigenvalue weighted by Gasteiger charge is 2.39. The second-order valence-electron chi connectivity index (χ2n) is 5.64. The molecule has 1 N–H and O–H groups in total. The van der Waals surface area contributed by atoms with Crippen molar-refractivity contribution in [3.05, 3.63) is 62.6 Å². The van der Waals surface area contributed by atoms with E-state index < -0.39 is 22.3 Å². The molecule has 2 aromatic heterocycles. The molecule has 0 aliphatic carbocycles. The van der Waals surface area contributed by atoms with Crippen LogP contribution in [0.1, 0.15) is 21.7 Å². The number of anilines is 1. The minimum Gasteiger partial charge on any atom is -0.321 e. The number of nitrogens with one attached hydrogen (secondary N) is 1. The maximum Gasteiger partial charge on any atom is 0.436 e. The maximum atomic E-state index is 12.9. The molecule has 27 heavy (non-hydrogen) atoms. The highest BCUT2D eigenvalue weighted by atomic mass is 79.9. The van der Waals surface area contributed by atoms with Crippen LogP contribution >= 0.6 is 31.9 Å². The first kappa shape index (κ1) is 19.6. The number of carbonyl (C=O) groups excluding carboxylic acids is 1. The molecule has 0 unspecified atom stereocenters. The van der Waals surface area contributed by atoms with Gasteiger partial charge in [0.15, 0.2) is 5.69 Å². The molecule has 11 heteroatoms. The van der Waals surface area contributed by atoms with Gasteiger partial charge in [0.05, 0.1) is 21.7 Å². The quantitative estimate of drug-likeness (QED) is 0.568. The smallest absolute Gasteiger partial charge is 0.321 e. The van der Waals surface area contributed by atoms with Crippen molar-refractivity contribution in [1.82, 2.24) is 19.6 Å². The predicted molar refractivity (Wildman–Crippen MR) is 99.3 cm³/mol. The van der Waals surface area contributed by atoms with Gasteiger partial charge in [-0.2, -0.15) is 23.4 Å². The van der Waals surface area contributed by atoms with E-state index in [1.54, 1.807) is 35.3 Å². The lowest BCUT2D eigenvalue weighted by Gasteiger charge is -2.08. The lowest BCUT2D eigenvalue weighted by Crippen LogP contribution is -2.16. The molecule has 0 aliphatic rings. The van der Waals surface area contributed by atoms with Crippen molar-refractivity contribution in [3.8, 4) is 0 Å². The van der Waals surface area contributed by atoms with Crippen molar-refractivity contribution in [1.29, 1.82) is 0 Å². The van der Waals surface area contributed by atoms with E-state index >= 15 is 0 Å². The first-order valence-electron chi connectivity index (χ1n) is 7.53. The third-order valence-electron chi connectivity index (χ3n) is 3.60. The molecule has 0 aliphatic heterocycles. The Bertz CT molecular complexity index is 996. The van der Waals surface area contributed by atoms with Gasteiger partial charge in [0.1, 0.15) is 5.69 Å². The van der Waals surface area contributed by atoms with Crippen LogP contribution in [-0.4, -0.2) is 25.5 Å². The molecule has 0 fully saturated rings. The van der Waals surface area contributed by atoms with Gasteiger partial charge >= 0.3 is 6.18 Å². The number of alkyl halides is 3. The second kappa shape index (κ2) is 7.47. The van der Waals surface area contributed by atoms with Crippen LogP contribution < -0.4 is 5.32 Å². The number of hydrogen-bond acceptors (Lipinski definition) is 3. The Morgan fingerprint density at radius 3 is 2.63 bits per heavy atom. The summed E-state index contributed by atoms with van der Waals surface area (Å²) in [5, 5.41) is 10.1. The van der Waals surface area contributed by atoms with Crippen LogP contribution in [0.3, 0.4) is 0 Å². The number of aryl methyl sites for hydroxylation is 1. The summed E-state index contributed by atoms with van der Waals surface area (Å²) in [4.78, 5) is 12.5. The van der Waals surface area contributed by atoms with Crippen LogP contribution in [0.4, 0.5) is 18.9 Å². The fraction of sp³-hybridized carbons (Fsp3) is 0.188. The summed E-state index contributed by atoms with van der Waals surface area (Å²) >= 11 is 6.15. The Morgan fingerprint density at radius 2 is 2.04 bits per heavy atom. The number of aromatic nitrogens is 4. The molecule has 0 bridgehead atoms. The Kier molecular flexibility index (Phi) is 5.43. The van der Waals surface area contributed by atoms with Crippen LogP contribution in [0.25, 0.3) is 0 Å². The topological polar surface area (TPSA) is 64.7 Å². The highest BCUT2D eigenvalue weighted by molar-refractivity contribution is 9.10. The van der Waals surface area contributed by atoms with Crippen LogP contribution in [0, 0.1) is 0 Å². The van der Waals surface area contributed by atoms with E-state index in [4.69, 9.17) is 0 Å². The van der Waals surface area contributed by atoms with Gasteiger partial charge in [0, 0.05) is 18.9 Å². The molecule has 0 saturated carbocycles. The third kappa shape index (κ3) is 4.41. The van der Waals surface area contributed by atoms with Gasteiger partial charge < -0.3 is 5.32 Å². The summed E-state index contributed by atoms with van der Waals surface area (Å²) in [5.41, 5.74) is -0.0503. The number of amides is 1. The van der Waals surface area contributed by atoms with Gasteiger partial charge in [-0.15, -0.1) is 0 Å². The van der Waals surface area contributed by atoms with Crippen LogP contribution in [0.2, 0.25) is 0 Å². The van der Waals surface area contributed by atoms with Crippen molar-refractivity contribution in [2.45, 2.75) is 12.7 Å². The normalized spacial score (nSPS) is 11.6. The first-order chi connectivity index (χ1) is 12.6. The Hall–Kier alpha value is -2.14. The molecule has 142 valence electrons. The SMILES string of the molecule is Cn1nc(C(F)(F)F)c(Br)c1C(=O)Nc1cccc(Cn2cc(Br)cn2)c1. The number of hydrogen-bond donors (Lipinski definition) is 1. The minimum atomic E-state index is -4.66. The van der Waals surface area contributed by atoms with Gasteiger partial charge in [-0.3, -0.25) is 14.2 Å². The van der Waals surface area contributed by atoms with Gasteiger partial charge in [-0.25, -0.2) is 0 Å². The van der Waals surface area contributed by atoms with E-state index in [0.29, 0.717) is 12.2 Å². The van der Waals surface area contributed by atoms with Crippen LogP contribution in [0.5, 0.6) is 0 Å². The summed E-state index contributed by atoms with van der Waals surface area (Å²) in [6.45, 7) is 0.475. The number of rotatable bonds is 4. The van der Waals surface area contributed by atoms with E-state index in [9.17, 15) is 18.0 Å². The molecule has 0 radical (unpaired) electrons.